The van der Waals surface area contributed by atoms with Crippen molar-refractivity contribution >= 4 is 68.4 Å². The predicted octanol–water partition coefficient (Wildman–Crippen LogP) is 5.14. The summed E-state index contributed by atoms with van der Waals surface area (Å²) in [4.78, 5) is 23.3. The minimum absolute atomic E-state index is 0. The first-order valence-electron chi connectivity index (χ1n) is 9.96. The van der Waals surface area contributed by atoms with Gasteiger partial charge in [0.25, 0.3) is 0 Å². The van der Waals surface area contributed by atoms with Gasteiger partial charge in [-0.05, 0) is 30.7 Å². The van der Waals surface area contributed by atoms with Crippen LogP contribution in [0.1, 0.15) is 5.56 Å². The summed E-state index contributed by atoms with van der Waals surface area (Å²) in [6, 6.07) is 13.9. The van der Waals surface area contributed by atoms with Crippen molar-refractivity contribution in [1.82, 2.24) is 9.88 Å². The van der Waals surface area contributed by atoms with Crippen LogP contribution in [0, 0.1) is 6.92 Å². The van der Waals surface area contributed by atoms with E-state index in [1.807, 2.05) is 54.3 Å². The lowest BCUT2D eigenvalue weighted by molar-refractivity contribution is -0.116. The molecule has 31 heavy (non-hydrogen) atoms. The molecule has 0 atom stereocenters. The number of halogens is 2. The van der Waals surface area contributed by atoms with E-state index in [0.29, 0.717) is 22.5 Å². The fraction of sp³-hybridized carbons (Fsp3) is 0.364. The molecule has 0 saturated carbocycles. The second-order valence-corrected chi connectivity index (χ2v) is 9.57. The Balaban J connectivity index is 0.00000272. The van der Waals surface area contributed by atoms with Crippen LogP contribution in [-0.4, -0.2) is 60.9 Å². The zero-order valence-electron chi connectivity index (χ0n) is 17.3. The molecular formula is C22H25Cl2N3O2S2. The Morgan fingerprint density at radius 1 is 1.23 bits per heavy atom. The molecule has 0 N–H and O–H groups in total. The molecule has 0 spiro atoms. The van der Waals surface area contributed by atoms with Gasteiger partial charge in [-0.15, -0.1) is 24.2 Å². The number of hydrogen-bond acceptors (Lipinski definition) is 6. The number of anilines is 1. The largest absolute Gasteiger partial charge is 0.379 e. The first-order valence-corrected chi connectivity index (χ1v) is 12.1. The van der Waals surface area contributed by atoms with Crippen LogP contribution < -0.4 is 4.90 Å². The van der Waals surface area contributed by atoms with E-state index in [4.69, 9.17) is 21.3 Å². The minimum atomic E-state index is 0. The summed E-state index contributed by atoms with van der Waals surface area (Å²) in [6.07, 6.45) is 0. The Labute approximate surface area is 202 Å². The summed E-state index contributed by atoms with van der Waals surface area (Å²) in [5.74, 6) is 0.431. The standard InChI is InChI=1S/C22H24ClN3O2S2.ClH/c1-16-7-8-18(23)21-20(16)24-22(30-21)26(10-9-25-11-13-28-14-12-25)19(27)15-29-17-5-3-2-4-6-17;/h2-8H,9-15H2,1H3;1H. The molecule has 1 aliphatic heterocycles. The number of thiazole rings is 1. The molecule has 1 saturated heterocycles. The van der Waals surface area contributed by atoms with Crippen molar-refractivity contribution < 1.29 is 9.53 Å². The smallest absolute Gasteiger partial charge is 0.239 e. The lowest BCUT2D eigenvalue weighted by atomic mass is 10.2. The highest BCUT2D eigenvalue weighted by atomic mass is 35.5. The number of amides is 1. The number of ether oxygens (including phenoxy) is 1. The number of fused-ring (bicyclic) bond motifs is 1. The van der Waals surface area contributed by atoms with Gasteiger partial charge in [-0.2, -0.15) is 0 Å². The molecule has 9 heteroatoms. The van der Waals surface area contributed by atoms with Crippen LogP contribution in [-0.2, 0) is 9.53 Å². The van der Waals surface area contributed by atoms with Gasteiger partial charge >= 0.3 is 0 Å². The quantitative estimate of drug-likeness (QED) is 0.423. The van der Waals surface area contributed by atoms with Gasteiger partial charge in [0, 0.05) is 31.1 Å². The first-order chi connectivity index (χ1) is 14.6. The molecule has 1 fully saturated rings. The molecule has 166 valence electrons. The molecule has 1 aromatic heterocycles. The maximum absolute atomic E-state index is 13.2. The number of rotatable bonds is 7. The Morgan fingerprint density at radius 3 is 2.68 bits per heavy atom. The highest BCUT2D eigenvalue weighted by Gasteiger charge is 2.22. The van der Waals surface area contributed by atoms with Gasteiger partial charge in [0.2, 0.25) is 5.91 Å². The van der Waals surface area contributed by atoms with Crippen molar-refractivity contribution in [2.45, 2.75) is 11.8 Å². The molecular weight excluding hydrogens is 473 g/mol. The van der Waals surface area contributed by atoms with Crippen LogP contribution >= 0.6 is 47.1 Å². The second kappa shape index (κ2) is 11.5. The summed E-state index contributed by atoms with van der Waals surface area (Å²) in [5, 5.41) is 1.40. The van der Waals surface area contributed by atoms with Gasteiger partial charge in [0.1, 0.15) is 0 Å². The molecule has 4 rings (SSSR count). The van der Waals surface area contributed by atoms with E-state index in [2.05, 4.69) is 4.90 Å². The topological polar surface area (TPSA) is 45.7 Å². The number of morpholine rings is 1. The number of aryl methyl sites for hydroxylation is 1. The summed E-state index contributed by atoms with van der Waals surface area (Å²) in [7, 11) is 0. The third-order valence-corrected chi connectivity index (χ3v) is 7.60. The average molecular weight is 499 g/mol. The van der Waals surface area contributed by atoms with Crippen LogP contribution in [0.25, 0.3) is 10.2 Å². The van der Waals surface area contributed by atoms with Crippen molar-refractivity contribution in [3.63, 3.8) is 0 Å². The van der Waals surface area contributed by atoms with Crippen LogP contribution in [0.2, 0.25) is 5.02 Å². The summed E-state index contributed by atoms with van der Waals surface area (Å²) in [5.41, 5.74) is 1.94. The lowest BCUT2D eigenvalue weighted by Crippen LogP contribution is -2.43. The summed E-state index contributed by atoms with van der Waals surface area (Å²) >= 11 is 9.45. The van der Waals surface area contributed by atoms with Gasteiger partial charge < -0.3 is 4.74 Å². The Bertz CT molecular complexity index is 972. The third kappa shape index (κ3) is 6.12. The van der Waals surface area contributed by atoms with Gasteiger partial charge in [-0.3, -0.25) is 14.6 Å². The van der Waals surface area contributed by atoms with Crippen molar-refractivity contribution in [1.29, 1.82) is 0 Å². The van der Waals surface area contributed by atoms with E-state index >= 15 is 0 Å². The van der Waals surface area contributed by atoms with Crippen molar-refractivity contribution in [3.8, 4) is 0 Å². The van der Waals surface area contributed by atoms with Crippen molar-refractivity contribution in [2.24, 2.45) is 0 Å². The lowest BCUT2D eigenvalue weighted by Gasteiger charge is -2.29. The number of carbonyl (C=O) groups is 1. The molecule has 1 amide bonds. The first kappa shape index (κ1) is 24.3. The third-order valence-electron chi connectivity index (χ3n) is 5.07. The SMILES string of the molecule is Cc1ccc(Cl)c2sc(N(CCN3CCOCC3)C(=O)CSc3ccccc3)nc12.Cl. The molecule has 0 radical (unpaired) electrons. The fourth-order valence-corrected chi connectivity index (χ4v) is 5.49. The number of carbonyl (C=O) groups excluding carboxylic acids is 1. The van der Waals surface area contributed by atoms with E-state index in [-0.39, 0.29) is 18.3 Å². The molecule has 0 aliphatic carbocycles. The number of hydrogen-bond donors (Lipinski definition) is 0. The number of benzene rings is 2. The number of nitrogens with zero attached hydrogens (tertiary/aromatic N) is 3. The van der Waals surface area contributed by atoms with Crippen LogP contribution in [0.4, 0.5) is 5.13 Å². The maximum atomic E-state index is 13.2. The zero-order valence-corrected chi connectivity index (χ0v) is 20.5. The van der Waals surface area contributed by atoms with Gasteiger partial charge in [-0.25, -0.2) is 4.98 Å². The highest BCUT2D eigenvalue weighted by Crippen LogP contribution is 2.36. The Kier molecular flexibility index (Phi) is 9.01. The van der Waals surface area contributed by atoms with E-state index in [1.54, 1.807) is 11.8 Å². The summed E-state index contributed by atoms with van der Waals surface area (Å²) in [6.45, 7) is 6.70. The van der Waals surface area contributed by atoms with E-state index in [0.717, 1.165) is 53.5 Å². The Morgan fingerprint density at radius 2 is 1.97 bits per heavy atom. The number of aromatic nitrogens is 1. The predicted molar refractivity (Wildman–Crippen MR) is 133 cm³/mol. The minimum Gasteiger partial charge on any atom is -0.379 e. The van der Waals surface area contributed by atoms with Crippen molar-refractivity contribution in [3.05, 3.63) is 53.1 Å². The monoisotopic (exact) mass is 497 g/mol. The molecule has 3 aromatic rings. The van der Waals surface area contributed by atoms with Crippen LogP contribution in [0.15, 0.2) is 47.4 Å². The van der Waals surface area contributed by atoms with E-state index in [1.165, 1.54) is 11.3 Å². The molecule has 0 bridgehead atoms. The molecule has 0 unspecified atom stereocenters. The Hall–Kier alpha value is -1.35. The van der Waals surface area contributed by atoms with Crippen LogP contribution in [0.5, 0.6) is 0 Å². The second-order valence-electron chi connectivity index (χ2n) is 7.14. The van der Waals surface area contributed by atoms with Gasteiger partial charge in [0.05, 0.1) is 34.2 Å². The van der Waals surface area contributed by atoms with Gasteiger partial charge in [-0.1, -0.05) is 47.2 Å². The van der Waals surface area contributed by atoms with Gasteiger partial charge in [0.15, 0.2) is 5.13 Å². The average Bonchev–Trinajstić information content (AvgIpc) is 3.23. The molecule has 1 aliphatic rings. The maximum Gasteiger partial charge on any atom is 0.239 e. The zero-order chi connectivity index (χ0) is 20.9. The molecule has 5 nitrogen and oxygen atoms in total. The van der Waals surface area contributed by atoms with E-state index in [9.17, 15) is 4.79 Å². The molecule has 2 aromatic carbocycles. The number of thioether (sulfide) groups is 1. The molecule has 2 heterocycles. The highest BCUT2D eigenvalue weighted by molar-refractivity contribution is 8.00. The fourth-order valence-electron chi connectivity index (χ4n) is 3.34. The normalized spacial score (nSPS) is 14.4. The van der Waals surface area contributed by atoms with E-state index < -0.39 is 0 Å². The van der Waals surface area contributed by atoms with Crippen LogP contribution in [0.3, 0.4) is 0 Å². The summed E-state index contributed by atoms with van der Waals surface area (Å²) < 4.78 is 6.38. The van der Waals surface area contributed by atoms with Crippen molar-refractivity contribution in [2.75, 3.05) is 50.0 Å².